The maximum Gasteiger partial charge on any atom is 0.143 e. The van der Waals surface area contributed by atoms with Crippen molar-refractivity contribution < 1.29 is 4.42 Å². The molecule has 2 aliphatic carbocycles. The first-order valence-corrected chi connectivity index (χ1v) is 21.9. The molecule has 0 amide bonds. The van der Waals surface area contributed by atoms with Crippen LogP contribution < -0.4 is 15.3 Å². The summed E-state index contributed by atoms with van der Waals surface area (Å²) in [5.41, 5.74) is 17.5. The summed E-state index contributed by atoms with van der Waals surface area (Å²) in [6.45, 7) is 11.8. The van der Waals surface area contributed by atoms with Gasteiger partial charge in [0, 0.05) is 50.1 Å². The molecule has 2 nitrogen and oxygen atoms in total. The molecule has 1 unspecified atom stereocenters. The van der Waals surface area contributed by atoms with Gasteiger partial charge in [-0.05, 0) is 104 Å². The van der Waals surface area contributed by atoms with Gasteiger partial charge in [0.05, 0.1) is 0 Å². The van der Waals surface area contributed by atoms with Crippen LogP contribution in [0.5, 0.6) is 0 Å². The SMILES string of the molecule is Cc1c(N(c2ccc(-c3ccccc3)cc2)c2ccc(-c3cccc4c3oc3ccccc34)cc2)cccc1C(C)(C)c1ccc2c(c1)C1C=C(C=c3ccccc3=C1)C2(C)C. The van der Waals surface area contributed by atoms with Crippen LogP contribution in [0.4, 0.5) is 17.1 Å². The van der Waals surface area contributed by atoms with Crippen molar-refractivity contribution in [2.24, 2.45) is 0 Å². The molecule has 1 heterocycles. The highest BCUT2D eigenvalue weighted by atomic mass is 16.3. The lowest BCUT2D eigenvalue weighted by molar-refractivity contribution is 0.608. The Kier molecular flexibility index (Phi) is 8.84. The molecule has 2 bridgehead atoms. The molecule has 2 heteroatoms. The minimum atomic E-state index is -0.282. The predicted molar refractivity (Wildman–Crippen MR) is 261 cm³/mol. The third kappa shape index (κ3) is 6.16. The van der Waals surface area contributed by atoms with E-state index in [1.54, 1.807) is 0 Å². The molecule has 8 aromatic carbocycles. The van der Waals surface area contributed by atoms with E-state index in [4.69, 9.17) is 4.42 Å². The Bertz CT molecular complexity index is 3350. The summed E-state index contributed by atoms with van der Waals surface area (Å²) in [6, 6.07) is 66.3. The molecule has 300 valence electrons. The zero-order valence-electron chi connectivity index (χ0n) is 36.0. The van der Waals surface area contributed by atoms with Crippen molar-refractivity contribution in [2.75, 3.05) is 4.90 Å². The second-order valence-corrected chi connectivity index (χ2v) is 18.2. The predicted octanol–water partition coefficient (Wildman–Crippen LogP) is 14.6. The number of nitrogens with zero attached hydrogens (tertiary/aromatic N) is 1. The van der Waals surface area contributed by atoms with Crippen LogP contribution in [-0.4, -0.2) is 0 Å². The highest BCUT2D eigenvalue weighted by Crippen LogP contribution is 2.48. The summed E-state index contributed by atoms with van der Waals surface area (Å²) < 4.78 is 6.46. The Morgan fingerprint density at radius 1 is 0.565 bits per heavy atom. The summed E-state index contributed by atoms with van der Waals surface area (Å²) >= 11 is 0. The molecule has 0 saturated carbocycles. The Morgan fingerprint density at radius 3 is 1.98 bits per heavy atom. The maximum absolute atomic E-state index is 6.46. The van der Waals surface area contributed by atoms with Gasteiger partial charge < -0.3 is 9.32 Å². The lowest BCUT2D eigenvalue weighted by Gasteiger charge is -2.38. The van der Waals surface area contributed by atoms with Gasteiger partial charge in [-0.2, -0.15) is 0 Å². The van der Waals surface area contributed by atoms with Crippen LogP contribution in [0.2, 0.25) is 0 Å². The zero-order chi connectivity index (χ0) is 42.2. The monoisotopic (exact) mass is 799 g/mol. The Labute approximate surface area is 364 Å². The lowest BCUT2D eigenvalue weighted by atomic mass is 9.66. The second-order valence-electron chi connectivity index (χ2n) is 18.2. The quantitative estimate of drug-likeness (QED) is 0.160. The molecule has 2 aliphatic rings. The van der Waals surface area contributed by atoms with E-state index >= 15 is 0 Å². The molecule has 1 aromatic heterocycles. The van der Waals surface area contributed by atoms with Crippen molar-refractivity contribution in [3.05, 3.63) is 232 Å². The van der Waals surface area contributed by atoms with E-state index in [0.717, 1.165) is 50.1 Å². The zero-order valence-corrected chi connectivity index (χ0v) is 36.0. The standard InChI is InChI=1S/C60H49NO/c1-39-54(59(2,3)46-29-34-55-53(38-46)45-35-43-17-9-10-18-44(43)36-47(37-45)60(55,4)5)22-14-23-56(39)61(48-30-25-41(26-31-48)40-15-7-6-8-16-40)49-32-27-42(28-33-49)50-20-13-21-52-51-19-11-12-24-57(51)62-58(50)52/h6-38,45H,1-5H3. The molecule has 0 fully saturated rings. The van der Waals surface area contributed by atoms with E-state index in [9.17, 15) is 0 Å². The first-order valence-electron chi connectivity index (χ1n) is 21.9. The van der Waals surface area contributed by atoms with Crippen molar-refractivity contribution in [3.8, 4) is 22.3 Å². The topological polar surface area (TPSA) is 16.4 Å². The fraction of sp³-hybridized carbons (Fsp3) is 0.133. The molecule has 0 saturated heterocycles. The fourth-order valence-electron chi connectivity index (χ4n) is 10.3. The van der Waals surface area contributed by atoms with Gasteiger partial charge in [-0.25, -0.2) is 0 Å². The van der Waals surface area contributed by atoms with Gasteiger partial charge >= 0.3 is 0 Å². The molecule has 9 aromatic rings. The van der Waals surface area contributed by atoms with Gasteiger partial charge in [0.2, 0.25) is 0 Å². The molecule has 0 spiro atoms. The molecular formula is C60H49NO. The highest BCUT2D eigenvalue weighted by Gasteiger charge is 2.36. The molecule has 1 atom stereocenters. The van der Waals surface area contributed by atoms with Crippen molar-refractivity contribution >= 4 is 51.2 Å². The summed E-state index contributed by atoms with van der Waals surface area (Å²) in [4.78, 5) is 2.42. The number of fused-ring (bicyclic) bond motifs is 7. The van der Waals surface area contributed by atoms with Crippen LogP contribution in [0, 0.1) is 6.92 Å². The smallest absolute Gasteiger partial charge is 0.143 e. The van der Waals surface area contributed by atoms with Crippen LogP contribution >= 0.6 is 0 Å². The van der Waals surface area contributed by atoms with Gasteiger partial charge in [0.1, 0.15) is 11.2 Å². The second kappa shape index (κ2) is 14.5. The van der Waals surface area contributed by atoms with Gasteiger partial charge in [-0.15, -0.1) is 0 Å². The van der Waals surface area contributed by atoms with E-state index in [1.807, 2.05) is 12.1 Å². The Hall–Kier alpha value is -7.16. The summed E-state index contributed by atoms with van der Waals surface area (Å²) in [5.74, 6) is 0.215. The maximum atomic E-state index is 6.46. The summed E-state index contributed by atoms with van der Waals surface area (Å²) in [7, 11) is 0. The number of allylic oxidation sites excluding steroid dienone is 2. The molecule has 0 aliphatic heterocycles. The van der Waals surface area contributed by atoms with Gasteiger partial charge in [0.25, 0.3) is 0 Å². The molecule has 62 heavy (non-hydrogen) atoms. The van der Waals surface area contributed by atoms with Gasteiger partial charge in [0.15, 0.2) is 0 Å². The van der Waals surface area contributed by atoms with Crippen LogP contribution in [-0.2, 0) is 10.8 Å². The molecule has 0 radical (unpaired) electrons. The third-order valence-electron chi connectivity index (χ3n) is 13.8. The number of furan rings is 1. The average Bonchev–Trinajstić information content (AvgIpc) is 3.58. The van der Waals surface area contributed by atoms with Gasteiger partial charge in [-0.3, -0.25) is 0 Å². The molecular weight excluding hydrogens is 751 g/mol. The minimum absolute atomic E-state index is 0.0969. The molecule has 0 N–H and O–H groups in total. The van der Waals surface area contributed by atoms with Crippen molar-refractivity contribution in [1.82, 2.24) is 0 Å². The van der Waals surface area contributed by atoms with Crippen molar-refractivity contribution in [1.29, 1.82) is 0 Å². The third-order valence-corrected chi connectivity index (χ3v) is 13.8. The first-order chi connectivity index (χ1) is 30.1. The largest absolute Gasteiger partial charge is 0.455 e. The number of hydrogen-bond donors (Lipinski definition) is 0. The van der Waals surface area contributed by atoms with Crippen LogP contribution in [0.25, 0.3) is 56.3 Å². The van der Waals surface area contributed by atoms with Crippen molar-refractivity contribution in [3.63, 3.8) is 0 Å². The van der Waals surface area contributed by atoms with Crippen LogP contribution in [0.3, 0.4) is 0 Å². The van der Waals surface area contributed by atoms with E-state index in [1.165, 1.54) is 55.0 Å². The van der Waals surface area contributed by atoms with E-state index in [2.05, 4.69) is 228 Å². The number of hydrogen-bond acceptors (Lipinski definition) is 2. The summed E-state index contributed by atoms with van der Waals surface area (Å²) in [5, 5.41) is 4.88. The number of benzene rings is 8. The van der Waals surface area contributed by atoms with Crippen LogP contribution in [0.1, 0.15) is 61.4 Å². The highest BCUT2D eigenvalue weighted by molar-refractivity contribution is 6.09. The number of anilines is 3. The van der Waals surface area contributed by atoms with Crippen LogP contribution in [0.15, 0.2) is 198 Å². The van der Waals surface area contributed by atoms with E-state index in [0.29, 0.717) is 0 Å². The van der Waals surface area contributed by atoms with Crippen molar-refractivity contribution in [2.45, 2.75) is 51.4 Å². The summed E-state index contributed by atoms with van der Waals surface area (Å²) in [6.07, 6.45) is 7.35. The van der Waals surface area contributed by atoms with E-state index in [-0.39, 0.29) is 16.7 Å². The number of rotatable bonds is 7. The lowest BCUT2D eigenvalue weighted by Crippen LogP contribution is -2.28. The average molecular weight is 800 g/mol. The molecule has 11 rings (SSSR count). The normalized spacial score (nSPS) is 15.2. The Morgan fingerprint density at radius 2 is 1.21 bits per heavy atom. The Balaban J connectivity index is 1.01. The minimum Gasteiger partial charge on any atom is -0.455 e. The first kappa shape index (κ1) is 37.8. The van der Waals surface area contributed by atoms with Gasteiger partial charge in [-0.1, -0.05) is 192 Å². The number of para-hydroxylation sites is 2. The van der Waals surface area contributed by atoms with E-state index < -0.39 is 0 Å². The fourth-order valence-corrected chi connectivity index (χ4v) is 10.3.